The molecule has 0 aromatic heterocycles. The Morgan fingerprint density at radius 3 is 2.47 bits per heavy atom. The van der Waals surface area contributed by atoms with Gasteiger partial charge >= 0.3 is 5.97 Å². The van der Waals surface area contributed by atoms with Gasteiger partial charge in [-0.3, -0.25) is 4.79 Å². The molecule has 166 valence electrons. The van der Waals surface area contributed by atoms with Crippen LogP contribution in [0.1, 0.15) is 52.4 Å². The van der Waals surface area contributed by atoms with Gasteiger partial charge in [0, 0.05) is 5.56 Å². The molecule has 1 aromatic rings. The van der Waals surface area contributed by atoms with E-state index < -0.39 is 42.4 Å². The maximum atomic E-state index is 12.8. The molecule has 30 heavy (non-hydrogen) atoms. The van der Waals surface area contributed by atoms with Crippen LogP contribution in [-0.2, 0) is 28.5 Å². The van der Waals surface area contributed by atoms with Gasteiger partial charge < -0.3 is 28.8 Å². The molecule has 2 saturated heterocycles. The van der Waals surface area contributed by atoms with Crippen LogP contribution in [0.15, 0.2) is 30.3 Å². The van der Waals surface area contributed by atoms with Crippen molar-refractivity contribution in [2.75, 3.05) is 6.61 Å². The maximum absolute atomic E-state index is 12.8. The number of esters is 1. The lowest BCUT2D eigenvalue weighted by Crippen LogP contribution is -2.64. The Morgan fingerprint density at radius 1 is 1.13 bits per heavy atom. The number of rotatable bonds is 5. The predicted octanol–water partition coefficient (Wildman–Crippen LogP) is 2.96. The fourth-order valence-electron chi connectivity index (χ4n) is 3.85. The monoisotopic (exact) mass is 420 g/mol. The van der Waals surface area contributed by atoms with Crippen molar-refractivity contribution in [3.05, 3.63) is 35.9 Å². The molecule has 0 spiro atoms. The summed E-state index contributed by atoms with van der Waals surface area (Å²) in [6, 6.07) is 9.59. The van der Waals surface area contributed by atoms with Crippen LogP contribution in [0.5, 0.6) is 0 Å². The quantitative estimate of drug-likeness (QED) is 0.733. The van der Waals surface area contributed by atoms with Crippen molar-refractivity contribution in [2.24, 2.45) is 11.3 Å². The molecule has 2 heterocycles. The molecular weight excluding hydrogens is 388 g/mol. The lowest BCUT2D eigenvalue weighted by atomic mass is 9.94. The molecule has 4 rings (SSSR count). The lowest BCUT2D eigenvalue weighted by molar-refractivity contribution is -0.363. The molecule has 2 aliphatic heterocycles. The van der Waals surface area contributed by atoms with Crippen molar-refractivity contribution in [1.29, 1.82) is 0 Å². The Kier molecular flexibility index (Phi) is 6.19. The highest BCUT2D eigenvalue weighted by Gasteiger charge is 2.53. The van der Waals surface area contributed by atoms with Crippen LogP contribution in [0.4, 0.5) is 0 Å². The van der Waals surface area contributed by atoms with Gasteiger partial charge in [0.05, 0.1) is 18.1 Å². The normalized spacial score (nSPS) is 35.4. The van der Waals surface area contributed by atoms with E-state index in [1.165, 1.54) is 0 Å². The van der Waals surface area contributed by atoms with Crippen molar-refractivity contribution in [3.63, 3.8) is 0 Å². The highest BCUT2D eigenvalue weighted by atomic mass is 16.7. The number of aliphatic hydroxyl groups excluding tert-OH is 1. The third-order valence-corrected chi connectivity index (χ3v) is 5.89. The minimum Gasteiger partial charge on any atom is -0.456 e. The number of fused-ring (bicyclic) bond motifs is 1. The van der Waals surface area contributed by atoms with E-state index >= 15 is 0 Å². The van der Waals surface area contributed by atoms with Gasteiger partial charge in [-0.15, -0.1) is 0 Å². The first-order valence-corrected chi connectivity index (χ1v) is 10.8. The van der Waals surface area contributed by atoms with Crippen molar-refractivity contribution in [2.45, 2.75) is 83.6 Å². The molecule has 1 aliphatic carbocycles. The molecule has 3 fully saturated rings. The summed E-state index contributed by atoms with van der Waals surface area (Å²) >= 11 is 0. The topological polar surface area (TPSA) is 83.5 Å². The Bertz CT molecular complexity index is 727. The molecule has 3 aliphatic rings. The number of carbonyl (C=O) groups is 1. The molecule has 1 aromatic carbocycles. The summed E-state index contributed by atoms with van der Waals surface area (Å²) in [5, 5.41) is 10.7. The van der Waals surface area contributed by atoms with Crippen molar-refractivity contribution >= 4 is 5.97 Å². The fraction of sp³-hybridized carbons (Fsp3) is 0.696. The van der Waals surface area contributed by atoms with Crippen LogP contribution in [-0.4, -0.2) is 54.5 Å². The molecule has 0 radical (unpaired) electrons. The van der Waals surface area contributed by atoms with E-state index in [0.717, 1.165) is 18.4 Å². The lowest BCUT2D eigenvalue weighted by Gasteiger charge is -2.48. The average molecular weight is 421 g/mol. The molecule has 1 saturated carbocycles. The number of hydrogen-bond acceptors (Lipinski definition) is 7. The van der Waals surface area contributed by atoms with Gasteiger partial charge in [-0.1, -0.05) is 30.3 Å². The van der Waals surface area contributed by atoms with Gasteiger partial charge in [0.1, 0.15) is 18.3 Å². The first-order chi connectivity index (χ1) is 14.2. The van der Waals surface area contributed by atoms with Gasteiger partial charge in [0.15, 0.2) is 18.7 Å². The van der Waals surface area contributed by atoms with Crippen LogP contribution in [0, 0.1) is 11.3 Å². The third kappa shape index (κ3) is 4.70. The second-order valence-electron chi connectivity index (χ2n) is 9.50. The number of hydrogen-bond donors (Lipinski definition) is 1. The Labute approximate surface area is 177 Å². The van der Waals surface area contributed by atoms with E-state index in [-0.39, 0.29) is 18.7 Å². The highest BCUT2D eigenvalue weighted by Crippen LogP contribution is 2.39. The van der Waals surface area contributed by atoms with E-state index in [4.69, 9.17) is 23.7 Å². The minimum absolute atomic E-state index is 0.0644. The van der Waals surface area contributed by atoms with Crippen molar-refractivity contribution in [3.8, 4) is 0 Å². The van der Waals surface area contributed by atoms with Gasteiger partial charge in [-0.05, 0) is 46.5 Å². The second-order valence-corrected chi connectivity index (χ2v) is 9.50. The Hall–Kier alpha value is -1.51. The summed E-state index contributed by atoms with van der Waals surface area (Å²) < 4.78 is 29.9. The Balaban J connectivity index is 1.58. The SMILES string of the molecule is CC(O[C@H]1C(O)O[C@@H]2CO[C@@H](c3ccccc3)O[C@H]2[C@@H]1OC(=O)C(C)(C)C)C1CC1. The van der Waals surface area contributed by atoms with E-state index in [2.05, 4.69) is 0 Å². The summed E-state index contributed by atoms with van der Waals surface area (Å²) in [4.78, 5) is 12.8. The summed E-state index contributed by atoms with van der Waals surface area (Å²) in [5.41, 5.74) is 0.168. The van der Waals surface area contributed by atoms with E-state index in [1.807, 2.05) is 37.3 Å². The predicted molar refractivity (Wildman–Crippen MR) is 107 cm³/mol. The first kappa shape index (κ1) is 21.7. The molecule has 0 amide bonds. The van der Waals surface area contributed by atoms with Gasteiger partial charge in [-0.2, -0.15) is 0 Å². The summed E-state index contributed by atoms with van der Waals surface area (Å²) in [6.07, 6.45) is -2.51. The smallest absolute Gasteiger partial charge is 0.311 e. The summed E-state index contributed by atoms with van der Waals surface area (Å²) in [6.45, 7) is 7.58. The van der Waals surface area contributed by atoms with Crippen LogP contribution >= 0.6 is 0 Å². The first-order valence-electron chi connectivity index (χ1n) is 10.8. The fourth-order valence-corrected chi connectivity index (χ4v) is 3.85. The van der Waals surface area contributed by atoms with Crippen molar-refractivity contribution < 1.29 is 33.6 Å². The average Bonchev–Trinajstić information content (AvgIpc) is 3.55. The van der Waals surface area contributed by atoms with Gasteiger partial charge in [0.25, 0.3) is 0 Å². The zero-order chi connectivity index (χ0) is 21.5. The third-order valence-electron chi connectivity index (χ3n) is 5.89. The summed E-state index contributed by atoms with van der Waals surface area (Å²) in [7, 11) is 0. The maximum Gasteiger partial charge on any atom is 0.311 e. The number of ether oxygens (including phenoxy) is 5. The van der Waals surface area contributed by atoms with E-state index in [9.17, 15) is 9.90 Å². The number of carbonyl (C=O) groups excluding carboxylic acids is 1. The zero-order valence-corrected chi connectivity index (χ0v) is 18.0. The van der Waals surface area contributed by atoms with Crippen LogP contribution in [0.25, 0.3) is 0 Å². The van der Waals surface area contributed by atoms with Gasteiger partial charge in [-0.25, -0.2) is 0 Å². The second kappa shape index (κ2) is 8.55. The van der Waals surface area contributed by atoms with Gasteiger partial charge in [0.2, 0.25) is 0 Å². The van der Waals surface area contributed by atoms with Crippen LogP contribution < -0.4 is 0 Å². The van der Waals surface area contributed by atoms with E-state index in [1.54, 1.807) is 20.8 Å². The zero-order valence-electron chi connectivity index (χ0n) is 18.0. The molecular formula is C23H32O7. The largest absolute Gasteiger partial charge is 0.456 e. The van der Waals surface area contributed by atoms with Crippen LogP contribution in [0.3, 0.4) is 0 Å². The summed E-state index contributed by atoms with van der Waals surface area (Å²) in [5.74, 6) is 0.0842. The van der Waals surface area contributed by atoms with E-state index in [0.29, 0.717) is 5.92 Å². The number of benzene rings is 1. The van der Waals surface area contributed by atoms with Crippen LogP contribution in [0.2, 0.25) is 0 Å². The van der Waals surface area contributed by atoms with Crippen molar-refractivity contribution in [1.82, 2.24) is 0 Å². The minimum atomic E-state index is -1.23. The standard InChI is InChI=1S/C23H32O7/c1-13(14-10-11-14)27-19-18(30-22(25)23(2,3)4)17-16(28-20(19)24)12-26-21(29-17)15-8-6-5-7-9-15/h5-9,13-14,16-21,24H,10-12H2,1-4H3/t13?,16-,17-,18+,19-,20?,21-/m1/s1. The molecule has 7 atom stereocenters. The molecule has 7 heteroatoms. The number of aliphatic hydroxyl groups is 1. The highest BCUT2D eigenvalue weighted by molar-refractivity contribution is 5.75. The molecule has 7 nitrogen and oxygen atoms in total. The molecule has 0 bridgehead atoms. The Morgan fingerprint density at radius 2 is 1.83 bits per heavy atom. The molecule has 1 N–H and O–H groups in total. The molecule has 2 unspecified atom stereocenters.